The van der Waals surface area contributed by atoms with Gasteiger partial charge in [-0.3, -0.25) is 0 Å². The number of aromatic nitrogens is 2. The Kier molecular flexibility index (Phi) is 4.37. The van der Waals surface area contributed by atoms with E-state index in [-0.39, 0.29) is 5.82 Å². The largest absolute Gasteiger partial charge is 0.366 e. The number of hydrogen-bond acceptors (Lipinski definition) is 5. The van der Waals surface area contributed by atoms with Gasteiger partial charge in [-0.1, -0.05) is 12.1 Å². The maximum absolute atomic E-state index is 13.6. The van der Waals surface area contributed by atoms with Crippen LogP contribution in [0.1, 0.15) is 28.1 Å². The number of nitrogens with zero attached hydrogens (tertiary/aromatic N) is 2. The number of hydrogen-bond donors (Lipinski definition) is 3. The molecule has 0 fully saturated rings. The number of nitrogen functional groups attached to an aromatic ring is 1. The number of nitrogens with two attached hydrogens (primary N) is 1. The van der Waals surface area contributed by atoms with Crippen LogP contribution in [0.5, 0.6) is 0 Å². The van der Waals surface area contributed by atoms with Crippen LogP contribution in [0.25, 0.3) is 0 Å². The molecule has 0 radical (unpaired) electrons. The van der Waals surface area contributed by atoms with E-state index in [2.05, 4.69) is 20.7 Å². The van der Waals surface area contributed by atoms with Gasteiger partial charge in [0.25, 0.3) is 0 Å². The van der Waals surface area contributed by atoms with Crippen LogP contribution in [0.4, 0.5) is 16.0 Å². The van der Waals surface area contributed by atoms with E-state index in [1.807, 2.05) is 19.1 Å². The topological polar surface area (TPSA) is 75.9 Å². The zero-order chi connectivity index (χ0) is 15.6. The third kappa shape index (κ3) is 3.28. The third-order valence-electron chi connectivity index (χ3n) is 3.35. The van der Waals surface area contributed by atoms with Crippen LogP contribution in [-0.2, 0) is 6.54 Å². The van der Waals surface area contributed by atoms with Gasteiger partial charge in [-0.25, -0.2) is 20.2 Å². The fraction of sp³-hybridized carbons (Fsp3) is 0.333. The summed E-state index contributed by atoms with van der Waals surface area (Å²) in [6.45, 7) is 7.78. The Hall–Kier alpha value is -2.21. The fourth-order valence-electron chi connectivity index (χ4n) is 2.26. The Bertz CT molecular complexity index is 646. The number of aryl methyl sites for hydroxylation is 3. The normalized spacial score (nSPS) is 10.6. The lowest BCUT2D eigenvalue weighted by Crippen LogP contribution is -2.14. The molecule has 0 amide bonds. The van der Waals surface area contributed by atoms with Gasteiger partial charge in [0.2, 0.25) is 0 Å². The molecule has 2 aromatic rings. The van der Waals surface area contributed by atoms with Crippen molar-refractivity contribution in [1.29, 1.82) is 0 Å². The van der Waals surface area contributed by atoms with Gasteiger partial charge in [0.15, 0.2) is 0 Å². The highest BCUT2D eigenvalue weighted by atomic mass is 19.1. The first kappa shape index (κ1) is 15.2. The van der Waals surface area contributed by atoms with Crippen LogP contribution in [0.2, 0.25) is 0 Å². The molecule has 112 valence electrons. The molecule has 0 unspecified atom stereocenters. The van der Waals surface area contributed by atoms with Gasteiger partial charge in [-0.2, -0.15) is 0 Å². The molecular formula is C15H20FN5. The van der Waals surface area contributed by atoms with Crippen molar-refractivity contribution in [3.8, 4) is 0 Å². The van der Waals surface area contributed by atoms with Gasteiger partial charge in [0, 0.05) is 12.1 Å². The van der Waals surface area contributed by atoms with E-state index >= 15 is 0 Å². The van der Waals surface area contributed by atoms with E-state index in [0.717, 1.165) is 16.9 Å². The Morgan fingerprint density at radius 1 is 1.05 bits per heavy atom. The SMILES string of the molecule is Cc1nc(NN)c(C)c(NCc2cc(C)c(F)c(C)c2)n1. The highest BCUT2D eigenvalue weighted by molar-refractivity contribution is 5.56. The Balaban J connectivity index is 2.22. The van der Waals surface area contributed by atoms with Crippen molar-refractivity contribution in [2.24, 2.45) is 5.84 Å². The van der Waals surface area contributed by atoms with Crippen LogP contribution >= 0.6 is 0 Å². The molecule has 1 aromatic carbocycles. The van der Waals surface area contributed by atoms with Crippen molar-refractivity contribution in [1.82, 2.24) is 9.97 Å². The van der Waals surface area contributed by atoms with Gasteiger partial charge < -0.3 is 10.7 Å². The van der Waals surface area contributed by atoms with Crippen molar-refractivity contribution in [3.63, 3.8) is 0 Å². The average Bonchev–Trinajstić information content (AvgIpc) is 2.45. The number of nitrogens with one attached hydrogen (secondary N) is 2. The second-order valence-corrected chi connectivity index (χ2v) is 5.13. The molecule has 0 bridgehead atoms. The van der Waals surface area contributed by atoms with E-state index in [1.54, 1.807) is 20.8 Å². The van der Waals surface area contributed by atoms with Crippen molar-refractivity contribution in [2.75, 3.05) is 10.7 Å². The summed E-state index contributed by atoms with van der Waals surface area (Å²) in [5.41, 5.74) is 5.70. The number of halogens is 1. The molecule has 0 aliphatic heterocycles. The Morgan fingerprint density at radius 3 is 2.19 bits per heavy atom. The van der Waals surface area contributed by atoms with Gasteiger partial charge in [0.1, 0.15) is 23.3 Å². The van der Waals surface area contributed by atoms with E-state index < -0.39 is 0 Å². The molecule has 5 nitrogen and oxygen atoms in total. The summed E-state index contributed by atoms with van der Waals surface area (Å²) in [6.07, 6.45) is 0. The van der Waals surface area contributed by atoms with Gasteiger partial charge in [-0.15, -0.1) is 0 Å². The Morgan fingerprint density at radius 2 is 1.62 bits per heavy atom. The highest BCUT2D eigenvalue weighted by Gasteiger charge is 2.09. The molecule has 2 rings (SSSR count). The lowest BCUT2D eigenvalue weighted by molar-refractivity contribution is 0.608. The maximum Gasteiger partial charge on any atom is 0.148 e. The number of benzene rings is 1. The predicted octanol–water partition coefficient (Wildman–Crippen LogP) is 2.75. The molecular weight excluding hydrogens is 269 g/mol. The summed E-state index contributed by atoms with van der Waals surface area (Å²) in [4.78, 5) is 8.58. The van der Waals surface area contributed by atoms with Crippen LogP contribution < -0.4 is 16.6 Å². The number of anilines is 2. The van der Waals surface area contributed by atoms with Crippen molar-refractivity contribution >= 4 is 11.6 Å². The zero-order valence-corrected chi connectivity index (χ0v) is 12.7. The molecule has 6 heteroatoms. The predicted molar refractivity (Wildman–Crippen MR) is 82.5 cm³/mol. The molecule has 4 N–H and O–H groups in total. The smallest absolute Gasteiger partial charge is 0.148 e. The first-order valence-electron chi connectivity index (χ1n) is 6.73. The lowest BCUT2D eigenvalue weighted by Gasteiger charge is -2.13. The number of rotatable bonds is 4. The fourth-order valence-corrected chi connectivity index (χ4v) is 2.26. The summed E-state index contributed by atoms with van der Waals surface area (Å²) < 4.78 is 13.6. The minimum absolute atomic E-state index is 0.151. The molecule has 0 saturated carbocycles. The molecule has 0 saturated heterocycles. The maximum atomic E-state index is 13.6. The van der Waals surface area contributed by atoms with Gasteiger partial charge >= 0.3 is 0 Å². The summed E-state index contributed by atoms with van der Waals surface area (Å²) >= 11 is 0. The van der Waals surface area contributed by atoms with Crippen LogP contribution in [-0.4, -0.2) is 9.97 Å². The van der Waals surface area contributed by atoms with Crippen molar-refractivity contribution in [2.45, 2.75) is 34.2 Å². The summed E-state index contributed by atoms with van der Waals surface area (Å²) in [5, 5.41) is 3.25. The molecule has 0 spiro atoms. The van der Waals surface area contributed by atoms with Gasteiger partial charge in [-0.05, 0) is 44.4 Å². The monoisotopic (exact) mass is 289 g/mol. The Labute approximate surface area is 123 Å². The summed E-state index contributed by atoms with van der Waals surface area (Å²) in [7, 11) is 0. The number of hydrazine groups is 1. The zero-order valence-electron chi connectivity index (χ0n) is 12.7. The van der Waals surface area contributed by atoms with Gasteiger partial charge in [0.05, 0.1) is 0 Å². The molecule has 21 heavy (non-hydrogen) atoms. The summed E-state index contributed by atoms with van der Waals surface area (Å²) in [6, 6.07) is 3.67. The first-order valence-corrected chi connectivity index (χ1v) is 6.73. The van der Waals surface area contributed by atoms with E-state index in [0.29, 0.717) is 29.3 Å². The highest BCUT2D eigenvalue weighted by Crippen LogP contribution is 2.20. The minimum atomic E-state index is -0.151. The molecule has 1 heterocycles. The van der Waals surface area contributed by atoms with Crippen LogP contribution in [0.3, 0.4) is 0 Å². The second kappa shape index (κ2) is 6.05. The van der Waals surface area contributed by atoms with Crippen molar-refractivity contribution < 1.29 is 4.39 Å². The first-order chi connectivity index (χ1) is 9.92. The molecule has 0 aliphatic rings. The van der Waals surface area contributed by atoms with E-state index in [9.17, 15) is 4.39 Å². The minimum Gasteiger partial charge on any atom is -0.366 e. The van der Waals surface area contributed by atoms with E-state index in [4.69, 9.17) is 5.84 Å². The second-order valence-electron chi connectivity index (χ2n) is 5.13. The molecule has 0 aliphatic carbocycles. The standard InChI is InChI=1S/C15H20FN5/c1-8-5-12(6-9(2)13(8)16)7-18-14-10(3)15(21-17)20-11(4)19-14/h5-6H,7,17H2,1-4H3,(H2,18,19,20,21). The quantitative estimate of drug-likeness (QED) is 0.596. The average molecular weight is 289 g/mol. The van der Waals surface area contributed by atoms with Crippen LogP contribution in [0, 0.1) is 33.5 Å². The van der Waals surface area contributed by atoms with Crippen LogP contribution in [0.15, 0.2) is 12.1 Å². The molecule has 1 aromatic heterocycles. The van der Waals surface area contributed by atoms with E-state index in [1.165, 1.54) is 0 Å². The molecule has 0 atom stereocenters. The van der Waals surface area contributed by atoms with Crippen molar-refractivity contribution in [3.05, 3.63) is 46.0 Å². The third-order valence-corrected chi connectivity index (χ3v) is 3.35. The lowest BCUT2D eigenvalue weighted by atomic mass is 10.1. The summed E-state index contributed by atoms with van der Waals surface area (Å²) in [5.74, 6) is 7.23.